The second-order valence-electron chi connectivity index (χ2n) is 6.64. The van der Waals surface area contributed by atoms with Crippen LogP contribution >= 0.6 is 0 Å². The molecule has 0 saturated heterocycles. The van der Waals surface area contributed by atoms with Crippen LogP contribution in [0.2, 0.25) is 0 Å². The molecule has 1 radical (unpaired) electrons. The molecule has 2 nitrogen and oxygen atoms in total. The van der Waals surface area contributed by atoms with Gasteiger partial charge in [-0.05, 0) is 48.1 Å². The average molecular weight is 338 g/mol. The third-order valence-corrected chi connectivity index (χ3v) is 4.73. The lowest BCUT2D eigenvalue weighted by Crippen LogP contribution is -2.32. The van der Waals surface area contributed by atoms with Crippen LogP contribution < -0.4 is 0 Å². The molecule has 0 bridgehead atoms. The van der Waals surface area contributed by atoms with E-state index in [-0.39, 0.29) is 24.1 Å². The first-order chi connectivity index (χ1) is 12.1. The number of nitrogens with zero attached hydrogens (tertiary/aromatic N) is 1. The second kappa shape index (κ2) is 6.43. The van der Waals surface area contributed by atoms with Crippen molar-refractivity contribution < 1.29 is 13.6 Å². The van der Waals surface area contributed by atoms with E-state index in [9.17, 15) is 13.6 Å². The number of benzene rings is 2. The predicted octanol–water partition coefficient (Wildman–Crippen LogP) is 4.55. The number of hydrogen-bond donors (Lipinski definition) is 0. The highest BCUT2D eigenvalue weighted by Crippen LogP contribution is 2.38. The lowest BCUT2D eigenvalue weighted by atomic mass is 10.0. The molecule has 1 fully saturated rings. The minimum Gasteiger partial charge on any atom is -0.328 e. The van der Waals surface area contributed by atoms with Crippen molar-refractivity contribution in [2.45, 2.75) is 18.9 Å². The van der Waals surface area contributed by atoms with Gasteiger partial charge in [0.1, 0.15) is 11.6 Å². The van der Waals surface area contributed by atoms with Gasteiger partial charge in [0, 0.05) is 12.1 Å². The highest BCUT2D eigenvalue weighted by atomic mass is 19.1. The summed E-state index contributed by atoms with van der Waals surface area (Å²) >= 11 is 0. The Bertz CT molecular complexity index is 827. The lowest BCUT2D eigenvalue weighted by molar-refractivity contribution is -0.128. The van der Waals surface area contributed by atoms with Crippen molar-refractivity contribution in [3.63, 3.8) is 0 Å². The molecule has 0 unspecified atom stereocenters. The fourth-order valence-corrected chi connectivity index (χ4v) is 3.24. The molecular formula is C21H18F2NO. The summed E-state index contributed by atoms with van der Waals surface area (Å²) in [6.45, 7) is 0.280. The Balaban J connectivity index is 1.69. The molecule has 4 heteroatoms. The van der Waals surface area contributed by atoms with Gasteiger partial charge in [-0.15, -0.1) is 0 Å². The van der Waals surface area contributed by atoms with E-state index in [4.69, 9.17) is 0 Å². The topological polar surface area (TPSA) is 20.3 Å². The highest BCUT2D eigenvalue weighted by molar-refractivity contribution is 5.89. The number of amides is 1. The zero-order valence-electron chi connectivity index (χ0n) is 13.7. The fraction of sp³-hybridized carbons (Fsp3) is 0.238. The number of halogens is 2. The van der Waals surface area contributed by atoms with Gasteiger partial charge in [-0.3, -0.25) is 4.79 Å². The van der Waals surface area contributed by atoms with Gasteiger partial charge in [-0.2, -0.15) is 0 Å². The van der Waals surface area contributed by atoms with E-state index in [2.05, 4.69) is 0 Å². The molecule has 2 aromatic carbocycles. The van der Waals surface area contributed by atoms with Crippen LogP contribution in [0, 0.1) is 24.0 Å². The number of carbonyl (C=O) groups is 1. The summed E-state index contributed by atoms with van der Waals surface area (Å²) in [7, 11) is 0. The van der Waals surface area contributed by atoms with Crippen LogP contribution in [-0.2, 0) is 4.79 Å². The van der Waals surface area contributed by atoms with Gasteiger partial charge in [0.2, 0.25) is 5.91 Å². The smallest absolute Gasteiger partial charge is 0.227 e. The molecule has 127 valence electrons. The third kappa shape index (κ3) is 3.34. The average Bonchev–Trinajstić information content (AvgIpc) is 3.32. The van der Waals surface area contributed by atoms with E-state index in [0.717, 1.165) is 30.5 Å². The Morgan fingerprint density at radius 1 is 1.08 bits per heavy atom. The van der Waals surface area contributed by atoms with Gasteiger partial charge in [-0.25, -0.2) is 8.78 Å². The maximum Gasteiger partial charge on any atom is 0.227 e. The Morgan fingerprint density at radius 2 is 1.84 bits per heavy atom. The number of carbonyl (C=O) groups excluding carboxylic acids is 1. The molecule has 1 aliphatic carbocycles. The molecule has 1 amide bonds. The second-order valence-corrected chi connectivity index (χ2v) is 6.64. The number of hydrogen-bond acceptors (Lipinski definition) is 1. The quantitative estimate of drug-likeness (QED) is 0.801. The van der Waals surface area contributed by atoms with Crippen LogP contribution in [-0.4, -0.2) is 17.4 Å². The molecule has 0 aromatic heterocycles. The molecular weight excluding hydrogens is 320 g/mol. The van der Waals surface area contributed by atoms with Crippen LogP contribution in [0.3, 0.4) is 0 Å². The minimum atomic E-state index is -0.483. The summed E-state index contributed by atoms with van der Waals surface area (Å²) in [5.41, 5.74) is 1.83. The summed E-state index contributed by atoms with van der Waals surface area (Å²) in [5, 5.41) is 0. The molecule has 0 N–H and O–H groups in total. The van der Waals surface area contributed by atoms with Gasteiger partial charge in [0.25, 0.3) is 0 Å². The van der Waals surface area contributed by atoms with E-state index >= 15 is 0 Å². The van der Waals surface area contributed by atoms with Gasteiger partial charge in [-0.1, -0.05) is 36.4 Å². The molecule has 1 aliphatic heterocycles. The molecule has 1 atom stereocenters. The maximum atomic E-state index is 14.2. The van der Waals surface area contributed by atoms with Crippen molar-refractivity contribution in [1.29, 1.82) is 0 Å². The van der Waals surface area contributed by atoms with Gasteiger partial charge >= 0.3 is 0 Å². The first-order valence-electron chi connectivity index (χ1n) is 8.48. The van der Waals surface area contributed by atoms with Crippen molar-refractivity contribution in [2.75, 3.05) is 6.54 Å². The summed E-state index contributed by atoms with van der Waals surface area (Å²) in [4.78, 5) is 14.4. The summed E-state index contributed by atoms with van der Waals surface area (Å²) in [6.07, 6.45) is 5.73. The monoisotopic (exact) mass is 338 g/mol. The van der Waals surface area contributed by atoms with E-state index in [1.54, 1.807) is 11.3 Å². The van der Waals surface area contributed by atoms with Gasteiger partial charge in [0.15, 0.2) is 0 Å². The summed E-state index contributed by atoms with van der Waals surface area (Å²) < 4.78 is 27.8. The van der Waals surface area contributed by atoms with Crippen LogP contribution in [0.15, 0.2) is 54.6 Å². The largest absolute Gasteiger partial charge is 0.328 e. The lowest BCUT2D eigenvalue weighted by Gasteiger charge is -2.25. The van der Waals surface area contributed by atoms with Gasteiger partial charge in [0.05, 0.1) is 12.5 Å². The van der Waals surface area contributed by atoms with Crippen molar-refractivity contribution >= 4 is 11.5 Å². The molecule has 25 heavy (non-hydrogen) atoms. The SMILES string of the molecule is O=C([CH]C1CC1)N1CC(c2cc(F)ccc2F)=C[C@H]1c1ccccc1. The van der Waals surface area contributed by atoms with Crippen molar-refractivity contribution in [3.05, 3.63) is 83.8 Å². The Hall–Kier alpha value is -2.49. The Labute approximate surface area is 145 Å². The Morgan fingerprint density at radius 3 is 2.56 bits per heavy atom. The summed E-state index contributed by atoms with van der Waals surface area (Å²) in [6, 6.07) is 12.8. The highest BCUT2D eigenvalue weighted by Gasteiger charge is 2.34. The first kappa shape index (κ1) is 16.0. The first-order valence-corrected chi connectivity index (χ1v) is 8.48. The fourth-order valence-electron chi connectivity index (χ4n) is 3.24. The zero-order valence-corrected chi connectivity index (χ0v) is 13.7. The zero-order chi connectivity index (χ0) is 17.4. The van der Waals surface area contributed by atoms with Crippen molar-refractivity contribution in [3.8, 4) is 0 Å². The Kier molecular flexibility index (Phi) is 4.12. The molecule has 1 saturated carbocycles. The normalized spacial score (nSPS) is 19.8. The van der Waals surface area contributed by atoms with E-state index in [1.807, 2.05) is 36.4 Å². The predicted molar refractivity (Wildman–Crippen MR) is 92.3 cm³/mol. The van der Waals surface area contributed by atoms with Crippen LogP contribution in [0.4, 0.5) is 8.78 Å². The van der Waals surface area contributed by atoms with Gasteiger partial charge < -0.3 is 4.90 Å². The number of rotatable bonds is 4. The van der Waals surface area contributed by atoms with Crippen LogP contribution in [0.5, 0.6) is 0 Å². The standard InChI is InChI=1S/C21H18F2NO/c22-17-8-9-19(23)18(12-17)16-11-20(15-4-2-1-3-5-15)24(13-16)21(25)10-14-6-7-14/h1-5,8-12,14,20H,6-7,13H2/t20-/m0/s1. The van der Waals surface area contributed by atoms with E-state index < -0.39 is 11.6 Å². The molecule has 2 aromatic rings. The summed E-state index contributed by atoms with van der Waals surface area (Å²) in [5.74, 6) is -0.638. The molecule has 4 rings (SSSR count). The minimum absolute atomic E-state index is 0.0422. The maximum absolute atomic E-state index is 14.2. The van der Waals surface area contributed by atoms with Crippen molar-refractivity contribution in [2.24, 2.45) is 5.92 Å². The third-order valence-electron chi connectivity index (χ3n) is 4.73. The van der Waals surface area contributed by atoms with Crippen LogP contribution in [0.25, 0.3) is 5.57 Å². The molecule has 1 heterocycles. The van der Waals surface area contributed by atoms with Crippen molar-refractivity contribution in [1.82, 2.24) is 4.90 Å². The molecule has 2 aliphatic rings. The van der Waals surface area contributed by atoms with E-state index in [1.165, 1.54) is 6.07 Å². The molecule has 0 spiro atoms. The van der Waals surface area contributed by atoms with Crippen LogP contribution in [0.1, 0.15) is 30.0 Å². The van der Waals surface area contributed by atoms with E-state index in [0.29, 0.717) is 11.5 Å².